The van der Waals surface area contributed by atoms with Crippen molar-refractivity contribution in [2.75, 3.05) is 0 Å². The number of carboxylic acid groups (broad SMARTS) is 1. The molecule has 0 fully saturated rings. The van der Waals surface area contributed by atoms with Crippen molar-refractivity contribution in [3.63, 3.8) is 0 Å². The summed E-state index contributed by atoms with van der Waals surface area (Å²) in [5, 5.41) is 16.3. The molecule has 0 aliphatic carbocycles. The Hall–Kier alpha value is -0.903. The first-order valence-corrected chi connectivity index (χ1v) is 2.33. The Balaban J connectivity index is 0.000001000. The minimum absolute atomic E-state index is 0. The molecule has 0 aromatic carbocycles. The molecule has 0 aromatic rings. The molecule has 0 saturated heterocycles. The van der Waals surface area contributed by atoms with E-state index in [9.17, 15) is 9.90 Å². The number of aliphatic carboxylic acids is 1. The molecule has 1 aliphatic rings. The van der Waals surface area contributed by atoms with Gasteiger partial charge in [-0.05, 0) is 0 Å². The molecule has 8 heteroatoms. The van der Waals surface area contributed by atoms with Crippen LogP contribution in [0.1, 0.15) is 0 Å². The zero-order chi connectivity index (χ0) is 7.78. The number of hydrogen-bond acceptors (Lipinski definition) is 7. The van der Waals surface area contributed by atoms with Gasteiger partial charge < -0.3 is 15.6 Å². The third-order valence-corrected chi connectivity index (χ3v) is 0.890. The minimum Gasteiger partial charge on any atom is -0.544 e. The van der Waals surface area contributed by atoms with E-state index in [1.807, 2.05) is 0 Å². The van der Waals surface area contributed by atoms with E-state index in [1.54, 1.807) is 0 Å². The molecule has 54 valence electrons. The second-order valence-electron chi connectivity index (χ2n) is 1.68. The maximum Gasteiger partial charge on any atom is 1.00 e. The molecule has 4 N–H and O–H groups in total. The van der Waals surface area contributed by atoms with Gasteiger partial charge in [0.05, 0.1) is 0 Å². The van der Waals surface area contributed by atoms with Gasteiger partial charge in [-0.1, -0.05) is 0 Å². The van der Waals surface area contributed by atoms with Gasteiger partial charge in [0.15, 0.2) is 0 Å². The molecular weight excluding hydrogens is 145 g/mol. The smallest absolute Gasteiger partial charge is 0.544 e. The predicted octanol–water partition coefficient (Wildman–Crippen LogP) is -5.87. The maximum absolute atomic E-state index is 10.1. The van der Waals surface area contributed by atoms with Gasteiger partial charge in [0.1, 0.15) is 5.97 Å². The Morgan fingerprint density at radius 2 is 2.18 bits per heavy atom. The Morgan fingerprint density at radius 3 is 2.36 bits per heavy atom. The second-order valence-corrected chi connectivity index (χ2v) is 1.68. The van der Waals surface area contributed by atoms with Gasteiger partial charge in [-0.2, -0.15) is 4.99 Å². The van der Waals surface area contributed by atoms with Crippen molar-refractivity contribution in [3.8, 4) is 0 Å². The predicted molar refractivity (Wildman–Crippen MR) is 28.4 cm³/mol. The number of azo groups is 1. The zero-order valence-corrected chi connectivity index (χ0v) is 5.81. The number of guanidine groups is 1. The summed E-state index contributed by atoms with van der Waals surface area (Å²) in [6.45, 7) is 0. The molecule has 0 radical (unpaired) electrons. The topological polar surface area (TPSA) is 129 Å². The van der Waals surface area contributed by atoms with Gasteiger partial charge in [-0.15, -0.1) is 10.2 Å². The van der Waals surface area contributed by atoms with Crippen LogP contribution in [0.4, 0.5) is 0 Å². The molecule has 0 spiro atoms. The summed E-state index contributed by atoms with van der Waals surface area (Å²) in [6, 6.07) is 0. The van der Waals surface area contributed by atoms with Crippen LogP contribution in [-0.4, -0.2) is 17.7 Å². The van der Waals surface area contributed by atoms with E-state index < -0.39 is 11.8 Å². The first-order chi connectivity index (χ1) is 4.54. The Kier molecular flexibility index (Phi) is 2.76. The van der Waals surface area contributed by atoms with Gasteiger partial charge in [0.25, 0.3) is 5.79 Å². The number of carboxylic acids is 1. The zero-order valence-electron chi connectivity index (χ0n) is 5.81. The van der Waals surface area contributed by atoms with Crippen LogP contribution >= 0.6 is 0 Å². The molecule has 0 saturated carbocycles. The molecule has 0 amide bonds. The number of carbonyl (C=O) groups is 1. The van der Waals surface area contributed by atoms with Crippen LogP contribution in [0.15, 0.2) is 15.2 Å². The summed E-state index contributed by atoms with van der Waals surface area (Å²) in [5.74, 6) is -3.99. The molecule has 1 rings (SSSR count). The molecular formula is C3H4LiN5O2. The Bertz CT molecular complexity index is 238. The van der Waals surface area contributed by atoms with Gasteiger partial charge in [0.2, 0.25) is 5.96 Å². The average molecular weight is 149 g/mol. The summed E-state index contributed by atoms with van der Waals surface area (Å²) in [7, 11) is 0. The van der Waals surface area contributed by atoms with Crippen LogP contribution in [0.5, 0.6) is 0 Å². The van der Waals surface area contributed by atoms with E-state index in [2.05, 4.69) is 15.2 Å². The summed E-state index contributed by atoms with van der Waals surface area (Å²) in [5.41, 5.74) is 9.97. The fourth-order valence-electron chi connectivity index (χ4n) is 0.433. The van der Waals surface area contributed by atoms with Crippen molar-refractivity contribution < 1.29 is 28.8 Å². The van der Waals surface area contributed by atoms with Crippen molar-refractivity contribution in [1.82, 2.24) is 0 Å². The number of rotatable bonds is 1. The van der Waals surface area contributed by atoms with E-state index >= 15 is 0 Å². The summed E-state index contributed by atoms with van der Waals surface area (Å²) >= 11 is 0. The van der Waals surface area contributed by atoms with Crippen LogP contribution < -0.4 is 35.4 Å². The van der Waals surface area contributed by atoms with Crippen LogP contribution in [0.3, 0.4) is 0 Å². The number of nitrogens with two attached hydrogens (primary N) is 2. The SMILES string of the molecule is NC1=NC(N)(C(=O)[O-])N=N1.[Li+]. The van der Waals surface area contributed by atoms with Crippen LogP contribution in [0.2, 0.25) is 0 Å². The van der Waals surface area contributed by atoms with Crippen LogP contribution in [0, 0.1) is 0 Å². The monoisotopic (exact) mass is 149 g/mol. The molecule has 1 unspecified atom stereocenters. The molecule has 1 atom stereocenters. The molecule has 1 heterocycles. The largest absolute Gasteiger partial charge is 1.00 e. The van der Waals surface area contributed by atoms with Crippen molar-refractivity contribution in [2.24, 2.45) is 26.7 Å². The standard InChI is InChI=1S/C3H5N5O2.Li/c4-2-6-3(5,1(9)10)8-7-2;/h5H2,(H2,4,6)(H,9,10);/q;+1/p-1. The normalized spacial score (nSPS) is 27.5. The van der Waals surface area contributed by atoms with Crippen molar-refractivity contribution in [3.05, 3.63) is 0 Å². The summed E-state index contributed by atoms with van der Waals surface area (Å²) in [4.78, 5) is 13.3. The molecule has 0 aromatic heterocycles. The molecule has 11 heavy (non-hydrogen) atoms. The van der Waals surface area contributed by atoms with Gasteiger partial charge in [0, 0.05) is 0 Å². The number of carbonyl (C=O) groups excluding carboxylic acids is 1. The number of aliphatic imine (C=N–C) groups is 1. The average Bonchev–Trinajstić information content (AvgIpc) is 2.13. The first-order valence-electron chi connectivity index (χ1n) is 2.33. The van der Waals surface area contributed by atoms with Gasteiger partial charge in [-0.25, -0.2) is 0 Å². The molecule has 0 bridgehead atoms. The number of hydrogen-bond donors (Lipinski definition) is 2. The fraction of sp³-hybridized carbons (Fsp3) is 0.333. The van der Waals surface area contributed by atoms with Crippen LogP contribution in [0.25, 0.3) is 0 Å². The first kappa shape index (κ1) is 10.1. The maximum atomic E-state index is 10.1. The number of nitrogens with zero attached hydrogens (tertiary/aromatic N) is 3. The molecule has 7 nitrogen and oxygen atoms in total. The second kappa shape index (κ2) is 3.00. The third kappa shape index (κ3) is 1.77. The van der Waals surface area contributed by atoms with Crippen LogP contribution in [-0.2, 0) is 4.79 Å². The summed E-state index contributed by atoms with van der Waals surface area (Å²) < 4.78 is 0. The quantitative estimate of drug-likeness (QED) is 0.359. The third-order valence-electron chi connectivity index (χ3n) is 0.890. The minimum atomic E-state index is -2.11. The van der Waals surface area contributed by atoms with Crippen molar-refractivity contribution in [1.29, 1.82) is 0 Å². The van der Waals surface area contributed by atoms with E-state index in [4.69, 9.17) is 11.5 Å². The van der Waals surface area contributed by atoms with E-state index in [1.165, 1.54) is 0 Å². The van der Waals surface area contributed by atoms with Gasteiger partial charge >= 0.3 is 18.9 Å². The Labute approximate surface area is 73.7 Å². The fourth-order valence-corrected chi connectivity index (χ4v) is 0.433. The van der Waals surface area contributed by atoms with Crippen molar-refractivity contribution in [2.45, 2.75) is 5.79 Å². The Morgan fingerprint density at radius 1 is 1.64 bits per heavy atom. The summed E-state index contributed by atoms with van der Waals surface area (Å²) in [6.07, 6.45) is 0. The molecule has 1 aliphatic heterocycles. The van der Waals surface area contributed by atoms with E-state index in [0.29, 0.717) is 0 Å². The van der Waals surface area contributed by atoms with E-state index in [-0.39, 0.29) is 24.8 Å². The van der Waals surface area contributed by atoms with Crippen molar-refractivity contribution >= 4 is 11.9 Å². The van der Waals surface area contributed by atoms with E-state index in [0.717, 1.165) is 0 Å². The van der Waals surface area contributed by atoms with Gasteiger partial charge in [-0.3, -0.25) is 5.73 Å².